The summed E-state index contributed by atoms with van der Waals surface area (Å²) in [5.41, 5.74) is 1.63. The highest BCUT2D eigenvalue weighted by Gasteiger charge is 2.44. The molecule has 0 radical (unpaired) electrons. The number of nitrogens with zero attached hydrogens (tertiary/aromatic N) is 1. The van der Waals surface area contributed by atoms with Crippen LogP contribution in [0.25, 0.3) is 0 Å². The summed E-state index contributed by atoms with van der Waals surface area (Å²) in [6.07, 6.45) is 1.38. The molecule has 3 N–H and O–H groups in total. The molecule has 2 saturated heterocycles. The van der Waals surface area contributed by atoms with E-state index in [9.17, 15) is 19.2 Å². The number of carbonyl (C=O) groups is 4. The Hall–Kier alpha value is -2.74. The Morgan fingerprint density at radius 1 is 1.14 bits per heavy atom. The Bertz CT molecular complexity index is 895. The van der Waals surface area contributed by atoms with E-state index >= 15 is 0 Å². The van der Waals surface area contributed by atoms with Crippen LogP contribution >= 0.6 is 0 Å². The van der Waals surface area contributed by atoms with Crippen molar-refractivity contribution in [2.45, 2.75) is 39.2 Å². The van der Waals surface area contributed by atoms with Gasteiger partial charge in [0.15, 0.2) is 0 Å². The molecule has 2 atom stereocenters. The van der Waals surface area contributed by atoms with Crippen molar-refractivity contribution in [1.29, 1.82) is 0 Å². The van der Waals surface area contributed by atoms with Gasteiger partial charge in [0.1, 0.15) is 6.04 Å². The predicted molar refractivity (Wildman–Crippen MR) is 106 cm³/mol. The Morgan fingerprint density at radius 2 is 1.90 bits per heavy atom. The van der Waals surface area contributed by atoms with E-state index in [-0.39, 0.29) is 24.2 Å². The number of hydrogen-bond acceptors (Lipinski definition) is 6. The number of piperidine rings is 2. The highest BCUT2D eigenvalue weighted by atomic mass is 16.2. The molecule has 8 heteroatoms. The first-order valence-electron chi connectivity index (χ1n) is 10.1. The van der Waals surface area contributed by atoms with Crippen molar-refractivity contribution in [3.05, 3.63) is 29.3 Å². The lowest BCUT2D eigenvalue weighted by molar-refractivity contribution is -0.136. The maximum Gasteiger partial charge on any atom is 0.262 e. The fourth-order valence-electron chi connectivity index (χ4n) is 4.53. The predicted octanol–water partition coefficient (Wildman–Crippen LogP) is 1.14. The molecule has 29 heavy (non-hydrogen) atoms. The zero-order chi connectivity index (χ0) is 20.8. The molecule has 2 unspecified atom stereocenters. The fraction of sp³-hybridized carbons (Fsp3) is 0.524. The van der Waals surface area contributed by atoms with Gasteiger partial charge in [-0.15, -0.1) is 0 Å². The molecule has 4 rings (SSSR count). The Morgan fingerprint density at radius 3 is 2.62 bits per heavy atom. The maximum atomic E-state index is 12.9. The normalized spacial score (nSPS) is 26.3. The SMILES string of the molecule is CC1(C)CNCC(CNc2ccc3c(c2)C(=O)N(C2CCC(=O)NC2=O)C3=O)C1. The van der Waals surface area contributed by atoms with Gasteiger partial charge in [0.25, 0.3) is 11.8 Å². The van der Waals surface area contributed by atoms with E-state index in [0.29, 0.717) is 17.0 Å². The zero-order valence-electron chi connectivity index (χ0n) is 16.7. The molecule has 154 valence electrons. The average Bonchev–Trinajstić information content (AvgIpc) is 2.90. The first-order valence-corrected chi connectivity index (χ1v) is 10.1. The number of nitrogens with one attached hydrogen (secondary N) is 3. The van der Waals surface area contributed by atoms with Gasteiger partial charge in [-0.1, -0.05) is 13.8 Å². The molecule has 3 aliphatic rings. The van der Waals surface area contributed by atoms with E-state index in [2.05, 4.69) is 29.8 Å². The average molecular weight is 398 g/mol. The lowest BCUT2D eigenvalue weighted by Gasteiger charge is -2.36. The van der Waals surface area contributed by atoms with Gasteiger partial charge in [-0.25, -0.2) is 0 Å². The quantitative estimate of drug-likeness (QED) is 0.657. The lowest BCUT2D eigenvalue weighted by Crippen LogP contribution is -2.54. The Labute approximate surface area is 169 Å². The van der Waals surface area contributed by atoms with Crippen LogP contribution in [-0.2, 0) is 9.59 Å². The van der Waals surface area contributed by atoms with Crippen LogP contribution in [0.3, 0.4) is 0 Å². The van der Waals surface area contributed by atoms with Gasteiger partial charge in [0, 0.05) is 25.2 Å². The van der Waals surface area contributed by atoms with Crippen molar-refractivity contribution in [1.82, 2.24) is 15.5 Å². The standard InChI is InChI=1S/C21H26N4O4/c1-21(2)8-12(9-22-11-21)10-23-13-3-4-14-15(7-13)20(29)25(19(14)28)16-5-6-17(26)24-18(16)27/h3-4,7,12,16,22-23H,5-6,8-11H2,1-2H3,(H,24,26,27). The monoisotopic (exact) mass is 398 g/mol. The zero-order valence-corrected chi connectivity index (χ0v) is 16.7. The number of imide groups is 2. The van der Waals surface area contributed by atoms with Gasteiger partial charge in [-0.2, -0.15) is 0 Å². The van der Waals surface area contributed by atoms with Gasteiger partial charge in [-0.05, 0) is 48.9 Å². The van der Waals surface area contributed by atoms with Crippen molar-refractivity contribution >= 4 is 29.3 Å². The number of benzene rings is 1. The molecule has 0 saturated carbocycles. The van der Waals surface area contributed by atoms with Crippen LogP contribution in [-0.4, -0.2) is 54.2 Å². The minimum Gasteiger partial charge on any atom is -0.385 e. The topological polar surface area (TPSA) is 108 Å². The Kier molecular flexibility index (Phi) is 4.90. The van der Waals surface area contributed by atoms with E-state index in [1.54, 1.807) is 18.2 Å². The van der Waals surface area contributed by atoms with Crippen molar-refractivity contribution in [2.75, 3.05) is 25.0 Å². The van der Waals surface area contributed by atoms with Gasteiger partial charge < -0.3 is 10.6 Å². The third-order valence-corrected chi connectivity index (χ3v) is 5.91. The molecular formula is C21H26N4O4. The Balaban J connectivity index is 1.47. The largest absolute Gasteiger partial charge is 0.385 e. The number of fused-ring (bicyclic) bond motifs is 1. The van der Waals surface area contributed by atoms with E-state index in [0.717, 1.165) is 36.6 Å². The summed E-state index contributed by atoms with van der Waals surface area (Å²) >= 11 is 0. The number of hydrogen-bond donors (Lipinski definition) is 3. The van der Waals surface area contributed by atoms with E-state index in [1.165, 1.54) is 0 Å². The first-order chi connectivity index (χ1) is 13.7. The minimum atomic E-state index is -0.938. The summed E-state index contributed by atoms with van der Waals surface area (Å²) in [5, 5.41) is 9.04. The molecular weight excluding hydrogens is 372 g/mol. The van der Waals surface area contributed by atoms with Crippen molar-refractivity contribution in [2.24, 2.45) is 11.3 Å². The summed E-state index contributed by atoms with van der Waals surface area (Å²) in [4.78, 5) is 50.1. The van der Waals surface area contributed by atoms with E-state index in [4.69, 9.17) is 0 Å². The fourth-order valence-corrected chi connectivity index (χ4v) is 4.53. The molecule has 0 bridgehead atoms. The number of anilines is 1. The molecule has 0 aromatic heterocycles. The summed E-state index contributed by atoms with van der Waals surface area (Å²) in [6.45, 7) is 7.22. The molecule has 0 spiro atoms. The highest BCUT2D eigenvalue weighted by Crippen LogP contribution is 2.31. The highest BCUT2D eigenvalue weighted by molar-refractivity contribution is 6.23. The summed E-state index contributed by atoms with van der Waals surface area (Å²) in [6, 6.07) is 4.17. The molecule has 0 aliphatic carbocycles. The summed E-state index contributed by atoms with van der Waals surface area (Å²) in [5.74, 6) is -1.46. The summed E-state index contributed by atoms with van der Waals surface area (Å²) in [7, 11) is 0. The number of rotatable bonds is 4. The van der Waals surface area contributed by atoms with Crippen LogP contribution < -0.4 is 16.0 Å². The van der Waals surface area contributed by atoms with Crippen LogP contribution in [0.4, 0.5) is 5.69 Å². The molecule has 3 aliphatic heterocycles. The van der Waals surface area contributed by atoms with Crippen LogP contribution in [0.1, 0.15) is 53.8 Å². The van der Waals surface area contributed by atoms with Gasteiger partial charge in [0.05, 0.1) is 11.1 Å². The second-order valence-corrected chi connectivity index (χ2v) is 8.95. The van der Waals surface area contributed by atoms with Gasteiger partial charge in [0.2, 0.25) is 11.8 Å². The molecule has 3 heterocycles. The minimum absolute atomic E-state index is 0.113. The molecule has 2 fully saturated rings. The molecule has 4 amide bonds. The number of carbonyl (C=O) groups excluding carboxylic acids is 4. The van der Waals surface area contributed by atoms with Crippen LogP contribution in [0.2, 0.25) is 0 Å². The van der Waals surface area contributed by atoms with Crippen molar-refractivity contribution in [3.63, 3.8) is 0 Å². The van der Waals surface area contributed by atoms with Gasteiger partial charge in [-0.3, -0.25) is 29.4 Å². The number of amides is 4. The second-order valence-electron chi connectivity index (χ2n) is 8.95. The second kappa shape index (κ2) is 7.26. The lowest BCUT2D eigenvalue weighted by atomic mass is 9.79. The molecule has 1 aromatic rings. The van der Waals surface area contributed by atoms with E-state index < -0.39 is 23.8 Å². The third kappa shape index (κ3) is 3.76. The maximum absolute atomic E-state index is 12.9. The van der Waals surface area contributed by atoms with Crippen molar-refractivity contribution in [3.8, 4) is 0 Å². The summed E-state index contributed by atoms with van der Waals surface area (Å²) < 4.78 is 0. The first kappa shape index (κ1) is 19.6. The smallest absolute Gasteiger partial charge is 0.262 e. The molecule has 1 aromatic carbocycles. The van der Waals surface area contributed by atoms with Crippen molar-refractivity contribution < 1.29 is 19.2 Å². The molecule has 8 nitrogen and oxygen atoms in total. The van der Waals surface area contributed by atoms with Gasteiger partial charge >= 0.3 is 0 Å². The van der Waals surface area contributed by atoms with E-state index in [1.807, 2.05) is 0 Å². The van der Waals surface area contributed by atoms with Crippen LogP contribution in [0, 0.1) is 11.3 Å². The third-order valence-electron chi connectivity index (χ3n) is 5.91. The van der Waals surface area contributed by atoms with Crippen LogP contribution in [0.15, 0.2) is 18.2 Å². The van der Waals surface area contributed by atoms with Crippen LogP contribution in [0.5, 0.6) is 0 Å².